The zero-order valence-corrected chi connectivity index (χ0v) is 10.4. The first-order chi connectivity index (χ1) is 7.87. The molecule has 96 valence electrons. The Morgan fingerprint density at radius 2 is 1.82 bits per heavy atom. The smallest absolute Gasteiger partial charge is 0.410 e. The molecule has 3 heterocycles. The number of piperidine rings is 1. The highest BCUT2D eigenvalue weighted by molar-refractivity contribution is 5.70. The Hall–Kier alpha value is -0.810. The van der Waals surface area contributed by atoms with Crippen molar-refractivity contribution in [2.45, 2.75) is 69.6 Å². The fraction of sp³-hybridized carbons (Fsp3) is 0.917. The van der Waals surface area contributed by atoms with Gasteiger partial charge in [-0.15, -0.1) is 0 Å². The number of aliphatic hydroxyl groups excluding tert-OH is 1. The molecule has 2 bridgehead atoms. The summed E-state index contributed by atoms with van der Waals surface area (Å²) in [5, 5.41) is 9.73. The van der Waals surface area contributed by atoms with E-state index in [1.165, 1.54) is 0 Å². The largest absolute Gasteiger partial charge is 0.444 e. The van der Waals surface area contributed by atoms with Crippen LogP contribution in [-0.4, -0.2) is 52.1 Å². The fourth-order valence-electron chi connectivity index (χ4n) is 3.05. The topological polar surface area (TPSA) is 62.3 Å². The molecule has 5 nitrogen and oxygen atoms in total. The van der Waals surface area contributed by atoms with Crippen molar-refractivity contribution < 1.29 is 19.4 Å². The average Bonchev–Trinajstić information content (AvgIpc) is 2.87. The van der Waals surface area contributed by atoms with Crippen LogP contribution < -0.4 is 0 Å². The average molecular weight is 241 g/mol. The maximum absolute atomic E-state index is 12.1. The zero-order chi connectivity index (χ0) is 12.4. The number of amides is 1. The number of fused-ring (bicyclic) bond motifs is 5. The third-order valence-corrected chi connectivity index (χ3v) is 3.67. The second-order valence-electron chi connectivity index (χ2n) is 6.21. The predicted octanol–water partition coefficient (Wildman–Crippen LogP) is 0.896. The minimum absolute atomic E-state index is 0.00333. The number of carbonyl (C=O) groups is 1. The van der Waals surface area contributed by atoms with Crippen molar-refractivity contribution in [2.24, 2.45) is 0 Å². The van der Waals surface area contributed by atoms with Crippen LogP contribution in [0.2, 0.25) is 0 Å². The first kappa shape index (κ1) is 11.3. The molecule has 5 atom stereocenters. The van der Waals surface area contributed by atoms with Gasteiger partial charge in [-0.05, 0) is 33.6 Å². The Labute approximate surface area is 101 Å². The maximum Gasteiger partial charge on any atom is 0.410 e. The standard InChI is InChI=1S/C12H19NO4/c1-12(2,3)17-11(15)13-7-4-6(14)5-8(13)10-9(7)16-10/h6-10,14H,4-5H2,1-3H3/t6?,7?,8?,9-,10+. The van der Waals surface area contributed by atoms with Gasteiger partial charge in [-0.25, -0.2) is 4.79 Å². The van der Waals surface area contributed by atoms with Gasteiger partial charge in [0.25, 0.3) is 0 Å². The molecule has 3 aliphatic heterocycles. The SMILES string of the molecule is CC(C)(C)OC(=O)N1C2CC(O)CC1[C@@H]1O[C@H]21. The van der Waals surface area contributed by atoms with E-state index in [9.17, 15) is 9.90 Å². The lowest BCUT2D eigenvalue weighted by molar-refractivity contribution is -0.0364. The van der Waals surface area contributed by atoms with Crippen molar-refractivity contribution in [2.75, 3.05) is 0 Å². The molecule has 3 fully saturated rings. The molecule has 0 saturated carbocycles. The summed E-state index contributed by atoms with van der Waals surface area (Å²) in [4.78, 5) is 13.9. The van der Waals surface area contributed by atoms with Gasteiger partial charge in [0.1, 0.15) is 17.8 Å². The molecule has 3 aliphatic rings. The number of hydrogen-bond donors (Lipinski definition) is 1. The van der Waals surface area contributed by atoms with E-state index in [4.69, 9.17) is 9.47 Å². The van der Waals surface area contributed by atoms with E-state index >= 15 is 0 Å². The van der Waals surface area contributed by atoms with Gasteiger partial charge in [-0.3, -0.25) is 4.90 Å². The summed E-state index contributed by atoms with van der Waals surface area (Å²) >= 11 is 0. The van der Waals surface area contributed by atoms with Crippen LogP contribution in [0.1, 0.15) is 33.6 Å². The molecule has 3 rings (SSSR count). The Morgan fingerprint density at radius 1 is 1.29 bits per heavy atom. The lowest BCUT2D eigenvalue weighted by Crippen LogP contribution is -2.53. The van der Waals surface area contributed by atoms with Crippen LogP contribution in [0.3, 0.4) is 0 Å². The molecular formula is C12H19NO4. The van der Waals surface area contributed by atoms with Crippen LogP contribution in [0.4, 0.5) is 4.79 Å². The van der Waals surface area contributed by atoms with E-state index in [1.807, 2.05) is 20.8 Å². The summed E-state index contributed by atoms with van der Waals surface area (Å²) in [6, 6.07) is 0.00667. The summed E-state index contributed by atoms with van der Waals surface area (Å²) in [5.74, 6) is 0. The van der Waals surface area contributed by atoms with Crippen molar-refractivity contribution >= 4 is 6.09 Å². The predicted molar refractivity (Wildman–Crippen MR) is 59.6 cm³/mol. The molecule has 0 aliphatic carbocycles. The van der Waals surface area contributed by atoms with Gasteiger partial charge in [0.15, 0.2) is 0 Å². The molecular weight excluding hydrogens is 222 g/mol. The highest BCUT2D eigenvalue weighted by Crippen LogP contribution is 2.48. The molecule has 0 aromatic carbocycles. The van der Waals surface area contributed by atoms with E-state index in [-0.39, 0.29) is 36.5 Å². The van der Waals surface area contributed by atoms with Crippen molar-refractivity contribution in [3.63, 3.8) is 0 Å². The van der Waals surface area contributed by atoms with Gasteiger partial charge in [0, 0.05) is 0 Å². The molecule has 3 saturated heterocycles. The number of morpholine rings is 1. The van der Waals surface area contributed by atoms with E-state index in [1.54, 1.807) is 4.90 Å². The van der Waals surface area contributed by atoms with Crippen LogP contribution >= 0.6 is 0 Å². The van der Waals surface area contributed by atoms with Gasteiger partial charge in [-0.1, -0.05) is 0 Å². The van der Waals surface area contributed by atoms with Gasteiger partial charge >= 0.3 is 6.09 Å². The molecule has 1 amide bonds. The van der Waals surface area contributed by atoms with E-state index in [0.717, 1.165) is 0 Å². The number of epoxide rings is 1. The van der Waals surface area contributed by atoms with E-state index in [2.05, 4.69) is 0 Å². The van der Waals surface area contributed by atoms with Crippen molar-refractivity contribution in [1.29, 1.82) is 0 Å². The fourth-order valence-corrected chi connectivity index (χ4v) is 3.05. The van der Waals surface area contributed by atoms with E-state index < -0.39 is 5.60 Å². The van der Waals surface area contributed by atoms with Crippen molar-refractivity contribution in [3.8, 4) is 0 Å². The van der Waals surface area contributed by atoms with Gasteiger partial charge in [0.05, 0.1) is 18.2 Å². The lowest BCUT2D eigenvalue weighted by Gasteiger charge is -2.39. The Balaban J connectivity index is 1.75. The summed E-state index contributed by atoms with van der Waals surface area (Å²) < 4.78 is 10.9. The Bertz CT molecular complexity index is 333. The van der Waals surface area contributed by atoms with Crippen molar-refractivity contribution in [3.05, 3.63) is 0 Å². The normalized spacial score (nSPS) is 43.3. The molecule has 5 heteroatoms. The van der Waals surface area contributed by atoms with Crippen LogP contribution in [0.25, 0.3) is 0 Å². The van der Waals surface area contributed by atoms with Crippen LogP contribution in [0.15, 0.2) is 0 Å². The Morgan fingerprint density at radius 3 is 2.29 bits per heavy atom. The first-order valence-corrected chi connectivity index (χ1v) is 6.21. The second-order valence-corrected chi connectivity index (χ2v) is 6.21. The third-order valence-electron chi connectivity index (χ3n) is 3.67. The molecule has 0 spiro atoms. The van der Waals surface area contributed by atoms with Crippen LogP contribution in [0.5, 0.6) is 0 Å². The number of nitrogens with zero attached hydrogens (tertiary/aromatic N) is 1. The summed E-state index contributed by atoms with van der Waals surface area (Å²) in [7, 11) is 0. The van der Waals surface area contributed by atoms with E-state index in [0.29, 0.717) is 12.8 Å². The van der Waals surface area contributed by atoms with Gasteiger partial charge in [-0.2, -0.15) is 0 Å². The highest BCUT2D eigenvalue weighted by atomic mass is 16.6. The second kappa shape index (κ2) is 3.36. The van der Waals surface area contributed by atoms with Crippen LogP contribution in [-0.2, 0) is 9.47 Å². The number of rotatable bonds is 0. The first-order valence-electron chi connectivity index (χ1n) is 6.21. The monoisotopic (exact) mass is 241 g/mol. The lowest BCUT2D eigenvalue weighted by atomic mass is 9.99. The summed E-state index contributed by atoms with van der Waals surface area (Å²) in [6.07, 6.45) is 0.901. The maximum atomic E-state index is 12.1. The molecule has 17 heavy (non-hydrogen) atoms. The number of hydrogen-bond acceptors (Lipinski definition) is 4. The van der Waals surface area contributed by atoms with Crippen LogP contribution in [0, 0.1) is 0 Å². The molecule has 3 unspecified atom stereocenters. The quantitative estimate of drug-likeness (QED) is 0.640. The minimum atomic E-state index is -0.475. The third kappa shape index (κ3) is 1.81. The molecule has 0 aromatic heterocycles. The van der Waals surface area contributed by atoms with Gasteiger partial charge in [0.2, 0.25) is 0 Å². The molecule has 1 N–H and O–H groups in total. The number of aliphatic hydroxyl groups is 1. The Kier molecular flexibility index (Phi) is 2.23. The highest BCUT2D eigenvalue weighted by Gasteiger charge is 2.65. The zero-order valence-electron chi connectivity index (χ0n) is 10.4. The molecule has 0 aromatic rings. The summed E-state index contributed by atoms with van der Waals surface area (Å²) in [6.45, 7) is 5.59. The number of ether oxygens (including phenoxy) is 2. The molecule has 0 radical (unpaired) electrons. The minimum Gasteiger partial charge on any atom is -0.444 e. The number of carbonyl (C=O) groups excluding carboxylic acids is 1. The van der Waals surface area contributed by atoms with Crippen molar-refractivity contribution in [1.82, 2.24) is 4.90 Å². The van der Waals surface area contributed by atoms with Gasteiger partial charge < -0.3 is 14.6 Å². The summed E-state index contributed by atoms with van der Waals surface area (Å²) in [5.41, 5.74) is -0.475.